The van der Waals surface area contributed by atoms with Crippen molar-refractivity contribution in [2.45, 2.75) is 12.6 Å². The van der Waals surface area contributed by atoms with Crippen LogP contribution in [0.3, 0.4) is 0 Å². The van der Waals surface area contributed by atoms with Crippen LogP contribution in [-0.4, -0.2) is 39.6 Å². The summed E-state index contributed by atoms with van der Waals surface area (Å²) in [4.78, 5) is 14.5. The van der Waals surface area contributed by atoms with Gasteiger partial charge in [0.2, 0.25) is 0 Å². The van der Waals surface area contributed by atoms with Crippen LogP contribution in [0.1, 0.15) is 17.4 Å². The highest BCUT2D eigenvalue weighted by molar-refractivity contribution is 6.30. The van der Waals surface area contributed by atoms with Gasteiger partial charge in [-0.2, -0.15) is 0 Å². The standard InChI is InChI=1S/C19H19ClN4O/c20-16-3-1-14(2-4-16)12-24-9-10-25-13-18(24)19-22-11-17(23-19)15-5-7-21-8-6-15/h1-8,11,18H,9-10,12-13H2,(H,22,23). The second-order valence-corrected chi connectivity index (χ2v) is 6.54. The number of rotatable bonds is 4. The molecular weight excluding hydrogens is 336 g/mol. The first kappa shape index (κ1) is 16.3. The Morgan fingerprint density at radius 3 is 2.76 bits per heavy atom. The third-order valence-electron chi connectivity index (χ3n) is 4.44. The SMILES string of the molecule is Clc1ccc(CN2CCOCC2c2ncc(-c3ccncc3)[nH]2)cc1. The molecule has 1 aliphatic rings. The Morgan fingerprint density at radius 1 is 1.16 bits per heavy atom. The number of aromatic nitrogens is 3. The number of imidazole rings is 1. The average molecular weight is 355 g/mol. The van der Waals surface area contributed by atoms with E-state index in [0.29, 0.717) is 6.61 Å². The first-order chi connectivity index (χ1) is 12.3. The van der Waals surface area contributed by atoms with Crippen molar-refractivity contribution in [1.29, 1.82) is 0 Å². The summed E-state index contributed by atoms with van der Waals surface area (Å²) in [6.45, 7) is 3.09. The highest BCUT2D eigenvalue weighted by atomic mass is 35.5. The fourth-order valence-corrected chi connectivity index (χ4v) is 3.21. The van der Waals surface area contributed by atoms with Crippen molar-refractivity contribution < 1.29 is 4.74 Å². The van der Waals surface area contributed by atoms with E-state index in [4.69, 9.17) is 16.3 Å². The van der Waals surface area contributed by atoms with Gasteiger partial charge in [0.25, 0.3) is 0 Å². The van der Waals surface area contributed by atoms with Crippen LogP contribution >= 0.6 is 11.6 Å². The van der Waals surface area contributed by atoms with Gasteiger partial charge in [-0.15, -0.1) is 0 Å². The minimum Gasteiger partial charge on any atom is -0.378 e. The summed E-state index contributed by atoms with van der Waals surface area (Å²) in [5.41, 5.74) is 3.31. The zero-order chi connectivity index (χ0) is 17.1. The van der Waals surface area contributed by atoms with Crippen molar-refractivity contribution in [3.63, 3.8) is 0 Å². The minimum atomic E-state index is 0.111. The first-order valence-corrected chi connectivity index (χ1v) is 8.69. The van der Waals surface area contributed by atoms with Crippen LogP contribution in [0.15, 0.2) is 55.0 Å². The first-order valence-electron chi connectivity index (χ1n) is 8.31. The number of nitrogens with zero attached hydrogens (tertiary/aromatic N) is 3. The van der Waals surface area contributed by atoms with E-state index in [9.17, 15) is 0 Å². The molecule has 0 bridgehead atoms. The predicted molar refractivity (Wildman–Crippen MR) is 97.2 cm³/mol. The Hall–Kier alpha value is -2.21. The van der Waals surface area contributed by atoms with E-state index in [2.05, 4.69) is 32.0 Å². The lowest BCUT2D eigenvalue weighted by molar-refractivity contribution is -0.0156. The van der Waals surface area contributed by atoms with Crippen molar-refractivity contribution in [2.75, 3.05) is 19.8 Å². The molecule has 1 fully saturated rings. The lowest BCUT2D eigenvalue weighted by Crippen LogP contribution is -2.39. The van der Waals surface area contributed by atoms with Gasteiger partial charge < -0.3 is 9.72 Å². The Morgan fingerprint density at radius 2 is 1.96 bits per heavy atom. The molecule has 5 nitrogen and oxygen atoms in total. The lowest BCUT2D eigenvalue weighted by atomic mass is 10.1. The largest absolute Gasteiger partial charge is 0.378 e. The number of hydrogen-bond donors (Lipinski definition) is 1. The number of benzene rings is 1. The average Bonchev–Trinajstić information content (AvgIpc) is 3.15. The molecule has 3 aromatic rings. The molecule has 1 atom stereocenters. The smallest absolute Gasteiger partial charge is 0.126 e. The van der Waals surface area contributed by atoms with E-state index in [1.807, 2.05) is 30.5 Å². The number of nitrogens with one attached hydrogen (secondary N) is 1. The zero-order valence-electron chi connectivity index (χ0n) is 13.7. The molecule has 1 saturated heterocycles. The quantitative estimate of drug-likeness (QED) is 0.776. The molecule has 1 aliphatic heterocycles. The maximum absolute atomic E-state index is 5.99. The Labute approximate surface area is 151 Å². The van der Waals surface area contributed by atoms with Crippen LogP contribution in [0.5, 0.6) is 0 Å². The van der Waals surface area contributed by atoms with Crippen LogP contribution in [0.4, 0.5) is 0 Å². The summed E-state index contributed by atoms with van der Waals surface area (Å²) >= 11 is 5.99. The van der Waals surface area contributed by atoms with Crippen LogP contribution in [0.25, 0.3) is 11.3 Å². The molecule has 1 aromatic carbocycles. The van der Waals surface area contributed by atoms with Crippen LogP contribution in [-0.2, 0) is 11.3 Å². The molecule has 0 amide bonds. The third-order valence-corrected chi connectivity index (χ3v) is 4.69. The van der Waals surface area contributed by atoms with E-state index in [1.165, 1.54) is 5.56 Å². The topological polar surface area (TPSA) is 54.0 Å². The summed E-state index contributed by atoms with van der Waals surface area (Å²) in [7, 11) is 0. The molecule has 0 radical (unpaired) electrons. The molecule has 0 aliphatic carbocycles. The monoisotopic (exact) mass is 354 g/mol. The lowest BCUT2D eigenvalue weighted by Gasteiger charge is -2.34. The van der Waals surface area contributed by atoms with Gasteiger partial charge in [0.1, 0.15) is 5.82 Å². The Balaban J connectivity index is 1.55. The molecule has 3 heterocycles. The van der Waals surface area contributed by atoms with Crippen molar-refractivity contribution >= 4 is 11.6 Å². The molecule has 0 spiro atoms. The van der Waals surface area contributed by atoms with Gasteiger partial charge in [-0.3, -0.25) is 9.88 Å². The van der Waals surface area contributed by atoms with E-state index in [0.717, 1.165) is 41.8 Å². The third kappa shape index (κ3) is 3.74. The molecule has 0 saturated carbocycles. The summed E-state index contributed by atoms with van der Waals surface area (Å²) in [5.74, 6) is 0.931. The van der Waals surface area contributed by atoms with Crippen molar-refractivity contribution in [3.8, 4) is 11.3 Å². The number of morpholine rings is 1. The summed E-state index contributed by atoms with van der Waals surface area (Å²) < 4.78 is 5.71. The number of pyridine rings is 1. The van der Waals surface area contributed by atoms with E-state index < -0.39 is 0 Å². The Bertz CT molecular complexity index is 819. The van der Waals surface area contributed by atoms with Gasteiger partial charge in [0, 0.05) is 36.1 Å². The second-order valence-electron chi connectivity index (χ2n) is 6.11. The van der Waals surface area contributed by atoms with Crippen molar-refractivity contribution in [1.82, 2.24) is 19.9 Å². The summed E-state index contributed by atoms with van der Waals surface area (Å²) in [5, 5.41) is 0.760. The van der Waals surface area contributed by atoms with Crippen LogP contribution in [0, 0.1) is 0 Å². The van der Waals surface area contributed by atoms with E-state index in [-0.39, 0.29) is 6.04 Å². The molecule has 25 heavy (non-hydrogen) atoms. The number of ether oxygens (including phenoxy) is 1. The fourth-order valence-electron chi connectivity index (χ4n) is 3.09. The molecule has 4 rings (SSSR count). The number of aromatic amines is 1. The highest BCUT2D eigenvalue weighted by Gasteiger charge is 2.27. The molecule has 128 valence electrons. The van der Waals surface area contributed by atoms with Gasteiger partial charge in [-0.1, -0.05) is 23.7 Å². The van der Waals surface area contributed by atoms with Gasteiger partial charge in [-0.05, 0) is 29.8 Å². The number of hydrogen-bond acceptors (Lipinski definition) is 4. The highest BCUT2D eigenvalue weighted by Crippen LogP contribution is 2.26. The van der Waals surface area contributed by atoms with E-state index >= 15 is 0 Å². The molecule has 1 N–H and O–H groups in total. The predicted octanol–water partition coefficient (Wildman–Crippen LogP) is 3.70. The van der Waals surface area contributed by atoms with Crippen molar-refractivity contribution in [2.24, 2.45) is 0 Å². The summed E-state index contributed by atoms with van der Waals surface area (Å²) in [6.07, 6.45) is 5.44. The number of H-pyrrole nitrogens is 1. The van der Waals surface area contributed by atoms with Gasteiger partial charge in [-0.25, -0.2) is 4.98 Å². The van der Waals surface area contributed by atoms with Gasteiger partial charge in [0.05, 0.1) is 31.1 Å². The molecule has 1 unspecified atom stereocenters. The van der Waals surface area contributed by atoms with Gasteiger partial charge in [0.15, 0.2) is 0 Å². The zero-order valence-corrected chi connectivity index (χ0v) is 14.5. The summed E-state index contributed by atoms with van der Waals surface area (Å²) in [6, 6.07) is 12.1. The molecular formula is C19H19ClN4O. The molecule has 2 aromatic heterocycles. The van der Waals surface area contributed by atoms with E-state index in [1.54, 1.807) is 12.4 Å². The normalized spacial score (nSPS) is 18.4. The second kappa shape index (κ2) is 7.35. The van der Waals surface area contributed by atoms with Crippen LogP contribution < -0.4 is 0 Å². The van der Waals surface area contributed by atoms with Crippen LogP contribution in [0.2, 0.25) is 5.02 Å². The maximum atomic E-state index is 5.99. The minimum absolute atomic E-state index is 0.111. The molecule has 6 heteroatoms. The maximum Gasteiger partial charge on any atom is 0.126 e. The fraction of sp³-hybridized carbons (Fsp3) is 0.263. The van der Waals surface area contributed by atoms with Gasteiger partial charge >= 0.3 is 0 Å². The van der Waals surface area contributed by atoms with Crippen molar-refractivity contribution in [3.05, 3.63) is 71.4 Å². The Kier molecular flexibility index (Phi) is 4.78. The number of halogens is 1.